The molecule has 0 spiro atoms. The van der Waals surface area contributed by atoms with Crippen LogP contribution < -0.4 is 0 Å². The fourth-order valence-corrected chi connectivity index (χ4v) is 3.70. The number of aliphatic carboxylic acids is 1. The highest BCUT2D eigenvalue weighted by Crippen LogP contribution is 2.47. The summed E-state index contributed by atoms with van der Waals surface area (Å²) in [7, 11) is 0. The first kappa shape index (κ1) is 15.6. The Morgan fingerprint density at radius 1 is 1.23 bits per heavy atom. The van der Waals surface area contributed by atoms with Crippen LogP contribution in [0, 0.1) is 5.92 Å². The maximum Gasteiger partial charge on any atom is 0.308 e. The van der Waals surface area contributed by atoms with Gasteiger partial charge in [-0.25, -0.2) is 0 Å². The second-order valence-electron chi connectivity index (χ2n) is 6.14. The Hall–Kier alpha value is -1.26. The predicted molar refractivity (Wildman–Crippen MR) is 84.3 cm³/mol. The van der Waals surface area contributed by atoms with Gasteiger partial charge < -0.3 is 10.0 Å². The fraction of sp³-hybridized carbons (Fsp3) is 0.500. The van der Waals surface area contributed by atoms with E-state index in [1.54, 1.807) is 17.0 Å². The topological polar surface area (TPSA) is 57.6 Å². The highest BCUT2D eigenvalue weighted by atomic mass is 35.5. The zero-order chi connectivity index (χ0) is 15.9. The molecule has 1 heterocycles. The van der Waals surface area contributed by atoms with Gasteiger partial charge in [0, 0.05) is 13.1 Å². The number of carboxylic acids is 1. The number of amides is 1. The lowest BCUT2D eigenvalue weighted by atomic mass is 9.63. The number of hydrogen-bond acceptors (Lipinski definition) is 2. The second-order valence-corrected chi connectivity index (χ2v) is 6.95. The first-order chi connectivity index (χ1) is 10.4. The van der Waals surface area contributed by atoms with Gasteiger partial charge in [-0.15, -0.1) is 0 Å². The number of rotatable bonds is 3. The number of carbonyl (C=O) groups excluding carboxylic acids is 1. The normalized spacial score (nSPS) is 23.2. The van der Waals surface area contributed by atoms with Gasteiger partial charge in [-0.1, -0.05) is 35.7 Å². The van der Waals surface area contributed by atoms with Crippen LogP contribution in [0.2, 0.25) is 10.0 Å². The van der Waals surface area contributed by atoms with Gasteiger partial charge >= 0.3 is 5.97 Å². The molecule has 1 atom stereocenters. The van der Waals surface area contributed by atoms with Crippen molar-refractivity contribution in [3.63, 3.8) is 0 Å². The molecule has 1 aromatic carbocycles. The van der Waals surface area contributed by atoms with Gasteiger partial charge in [0.25, 0.3) is 0 Å². The van der Waals surface area contributed by atoms with E-state index in [9.17, 15) is 9.59 Å². The monoisotopic (exact) mass is 341 g/mol. The third kappa shape index (κ3) is 2.48. The van der Waals surface area contributed by atoms with E-state index in [1.165, 1.54) is 0 Å². The average molecular weight is 342 g/mol. The molecular formula is C16H17Cl2NO3. The molecule has 1 amide bonds. The first-order valence-corrected chi connectivity index (χ1v) is 8.17. The molecule has 2 aliphatic rings. The maximum absolute atomic E-state index is 13.0. The molecule has 1 unspecified atom stereocenters. The summed E-state index contributed by atoms with van der Waals surface area (Å²) in [6.07, 6.45) is 3.07. The Balaban J connectivity index is 1.85. The van der Waals surface area contributed by atoms with Crippen LogP contribution in [-0.4, -0.2) is 35.0 Å². The van der Waals surface area contributed by atoms with Crippen LogP contribution in [-0.2, 0) is 15.0 Å². The quantitative estimate of drug-likeness (QED) is 0.917. The molecule has 0 bridgehead atoms. The molecule has 3 rings (SSSR count). The predicted octanol–water partition coefficient (Wildman–Crippen LogP) is 3.35. The van der Waals surface area contributed by atoms with Gasteiger partial charge in [-0.3, -0.25) is 9.59 Å². The van der Waals surface area contributed by atoms with E-state index in [-0.39, 0.29) is 5.91 Å². The summed E-state index contributed by atoms with van der Waals surface area (Å²) in [4.78, 5) is 25.8. The van der Waals surface area contributed by atoms with E-state index in [0.29, 0.717) is 29.6 Å². The molecule has 6 heteroatoms. The molecule has 1 saturated carbocycles. The smallest absolute Gasteiger partial charge is 0.308 e. The molecule has 1 aliphatic carbocycles. The van der Waals surface area contributed by atoms with Crippen LogP contribution >= 0.6 is 23.2 Å². The van der Waals surface area contributed by atoms with E-state index in [2.05, 4.69) is 0 Å². The van der Waals surface area contributed by atoms with Crippen LogP contribution in [0.5, 0.6) is 0 Å². The zero-order valence-electron chi connectivity index (χ0n) is 12.0. The third-order valence-corrected chi connectivity index (χ3v) is 5.65. The number of nitrogens with zero attached hydrogens (tertiary/aromatic N) is 1. The molecule has 1 aliphatic heterocycles. The summed E-state index contributed by atoms with van der Waals surface area (Å²) < 4.78 is 0. The van der Waals surface area contributed by atoms with E-state index in [1.807, 2.05) is 6.07 Å². The van der Waals surface area contributed by atoms with E-state index in [4.69, 9.17) is 28.3 Å². The first-order valence-electron chi connectivity index (χ1n) is 7.42. The SMILES string of the molecule is O=C(O)C1CCN(C(=O)C2(c3ccc(Cl)c(Cl)c3)CCC2)C1. The number of halogens is 2. The lowest BCUT2D eigenvalue weighted by Crippen LogP contribution is -2.50. The summed E-state index contributed by atoms with van der Waals surface area (Å²) in [5, 5.41) is 10.0. The highest BCUT2D eigenvalue weighted by molar-refractivity contribution is 6.42. The van der Waals surface area contributed by atoms with Crippen molar-refractivity contribution in [3.8, 4) is 0 Å². The Labute approximate surface area is 139 Å². The minimum Gasteiger partial charge on any atom is -0.481 e. The number of hydrogen-bond donors (Lipinski definition) is 1. The summed E-state index contributed by atoms with van der Waals surface area (Å²) in [5.74, 6) is -1.25. The van der Waals surface area contributed by atoms with Crippen molar-refractivity contribution < 1.29 is 14.7 Å². The van der Waals surface area contributed by atoms with Crippen LogP contribution in [0.25, 0.3) is 0 Å². The molecule has 4 nitrogen and oxygen atoms in total. The fourth-order valence-electron chi connectivity index (χ4n) is 3.40. The molecule has 0 aromatic heterocycles. The third-order valence-electron chi connectivity index (χ3n) is 4.91. The van der Waals surface area contributed by atoms with Crippen molar-refractivity contribution in [1.82, 2.24) is 4.90 Å². The van der Waals surface area contributed by atoms with Gasteiger partial charge in [0.1, 0.15) is 0 Å². The van der Waals surface area contributed by atoms with Crippen molar-refractivity contribution in [2.75, 3.05) is 13.1 Å². The van der Waals surface area contributed by atoms with Crippen molar-refractivity contribution in [2.24, 2.45) is 5.92 Å². The Bertz CT molecular complexity index is 628. The van der Waals surface area contributed by atoms with Crippen LogP contribution in [0.4, 0.5) is 0 Å². The lowest BCUT2D eigenvalue weighted by Gasteiger charge is -2.43. The molecule has 1 saturated heterocycles. The van der Waals surface area contributed by atoms with Crippen LogP contribution in [0.1, 0.15) is 31.2 Å². The van der Waals surface area contributed by atoms with Crippen molar-refractivity contribution in [2.45, 2.75) is 31.1 Å². The van der Waals surface area contributed by atoms with Gasteiger partial charge in [0.2, 0.25) is 5.91 Å². The summed E-state index contributed by atoms with van der Waals surface area (Å²) in [5.41, 5.74) is 0.332. The van der Waals surface area contributed by atoms with Crippen molar-refractivity contribution in [3.05, 3.63) is 33.8 Å². The summed E-state index contributed by atoms with van der Waals surface area (Å²) in [6, 6.07) is 5.35. The number of benzene rings is 1. The minimum atomic E-state index is -0.826. The second kappa shape index (κ2) is 5.74. The largest absolute Gasteiger partial charge is 0.481 e. The molecule has 0 radical (unpaired) electrons. The van der Waals surface area contributed by atoms with E-state index in [0.717, 1.165) is 24.8 Å². The molecular weight excluding hydrogens is 325 g/mol. The summed E-state index contributed by atoms with van der Waals surface area (Å²) >= 11 is 12.1. The van der Waals surface area contributed by atoms with Crippen LogP contribution in [0.3, 0.4) is 0 Å². The van der Waals surface area contributed by atoms with Gasteiger partial charge in [-0.2, -0.15) is 0 Å². The standard InChI is InChI=1S/C16H17Cl2NO3/c17-12-3-2-11(8-13(12)18)16(5-1-6-16)15(22)19-7-4-10(9-19)14(20)21/h2-3,8,10H,1,4-7,9H2,(H,20,21). The van der Waals surface area contributed by atoms with Crippen molar-refractivity contribution in [1.29, 1.82) is 0 Å². The molecule has 1 N–H and O–H groups in total. The average Bonchev–Trinajstić information content (AvgIpc) is 2.91. The molecule has 118 valence electrons. The highest BCUT2D eigenvalue weighted by Gasteiger charge is 2.49. The Morgan fingerprint density at radius 3 is 2.45 bits per heavy atom. The Kier molecular flexibility index (Phi) is 4.08. The molecule has 22 heavy (non-hydrogen) atoms. The van der Waals surface area contributed by atoms with Gasteiger partial charge in [0.05, 0.1) is 21.4 Å². The van der Waals surface area contributed by atoms with Gasteiger partial charge in [-0.05, 0) is 37.0 Å². The minimum absolute atomic E-state index is 0.0286. The molecule has 1 aromatic rings. The van der Waals surface area contributed by atoms with E-state index >= 15 is 0 Å². The molecule has 2 fully saturated rings. The Morgan fingerprint density at radius 2 is 1.95 bits per heavy atom. The van der Waals surface area contributed by atoms with Crippen LogP contribution in [0.15, 0.2) is 18.2 Å². The number of carboxylic acid groups (broad SMARTS) is 1. The summed E-state index contributed by atoms with van der Waals surface area (Å²) in [6.45, 7) is 0.816. The zero-order valence-corrected chi connectivity index (χ0v) is 13.5. The maximum atomic E-state index is 13.0. The van der Waals surface area contributed by atoms with Gasteiger partial charge in [0.15, 0.2) is 0 Å². The number of carbonyl (C=O) groups is 2. The lowest BCUT2D eigenvalue weighted by molar-refractivity contribution is -0.142. The van der Waals surface area contributed by atoms with Crippen molar-refractivity contribution >= 4 is 35.1 Å². The van der Waals surface area contributed by atoms with E-state index < -0.39 is 17.3 Å². The number of likely N-dealkylation sites (tertiary alicyclic amines) is 1.